The number of hydrogen-bond acceptors (Lipinski definition) is 5. The maximum Gasteiger partial charge on any atom is 0.240 e. The number of methoxy groups -OCH3 is 2. The van der Waals surface area contributed by atoms with Crippen LogP contribution in [-0.4, -0.2) is 47.2 Å². The van der Waals surface area contributed by atoms with E-state index >= 15 is 0 Å². The molecule has 0 bridgehead atoms. The molecule has 0 saturated carbocycles. The molecular formula is C21H28Cl2N2O4S. The molecule has 1 heterocycles. The normalized spacial score (nSPS) is 14.0. The van der Waals surface area contributed by atoms with Crippen LogP contribution in [0.3, 0.4) is 0 Å². The van der Waals surface area contributed by atoms with Gasteiger partial charge in [0.15, 0.2) is 11.5 Å². The van der Waals surface area contributed by atoms with E-state index < -0.39 is 10.0 Å². The summed E-state index contributed by atoms with van der Waals surface area (Å²) in [5.41, 5.74) is 3.18. The van der Waals surface area contributed by atoms with Gasteiger partial charge in [-0.2, -0.15) is 0 Å². The van der Waals surface area contributed by atoms with Gasteiger partial charge in [0.25, 0.3) is 0 Å². The zero-order valence-electron chi connectivity index (χ0n) is 17.4. The Labute approximate surface area is 190 Å². The van der Waals surface area contributed by atoms with Gasteiger partial charge in [-0.3, -0.25) is 4.90 Å². The third-order valence-corrected chi connectivity index (χ3v) is 7.02. The fraction of sp³-hybridized carbons (Fsp3) is 0.429. The van der Waals surface area contributed by atoms with Gasteiger partial charge in [0.1, 0.15) is 0 Å². The highest BCUT2D eigenvalue weighted by atomic mass is 35.5. The van der Waals surface area contributed by atoms with Crippen molar-refractivity contribution in [2.24, 2.45) is 0 Å². The van der Waals surface area contributed by atoms with Crippen molar-refractivity contribution < 1.29 is 17.9 Å². The van der Waals surface area contributed by atoms with Crippen LogP contribution in [0.25, 0.3) is 0 Å². The van der Waals surface area contributed by atoms with Crippen LogP contribution in [-0.2, 0) is 23.0 Å². The van der Waals surface area contributed by atoms with E-state index in [2.05, 4.69) is 9.62 Å². The molecule has 2 aromatic rings. The fourth-order valence-electron chi connectivity index (χ4n) is 3.58. The lowest BCUT2D eigenvalue weighted by atomic mass is 9.98. The molecule has 0 aliphatic carbocycles. The van der Waals surface area contributed by atoms with Crippen LogP contribution in [0.15, 0.2) is 35.2 Å². The van der Waals surface area contributed by atoms with Gasteiger partial charge in [0, 0.05) is 24.7 Å². The molecule has 6 nitrogen and oxygen atoms in total. The molecule has 0 aromatic heterocycles. The molecule has 1 aliphatic heterocycles. The predicted molar refractivity (Wildman–Crippen MR) is 122 cm³/mol. The Bertz CT molecular complexity index is 983. The second-order valence-corrected chi connectivity index (χ2v) is 9.34. The summed E-state index contributed by atoms with van der Waals surface area (Å²) in [4.78, 5) is 2.56. The zero-order valence-corrected chi connectivity index (χ0v) is 19.8. The van der Waals surface area contributed by atoms with Crippen molar-refractivity contribution in [2.45, 2.75) is 31.2 Å². The summed E-state index contributed by atoms with van der Waals surface area (Å²) in [5.74, 6) is 1.49. The van der Waals surface area contributed by atoms with Crippen molar-refractivity contribution in [3.05, 3.63) is 52.0 Å². The largest absolute Gasteiger partial charge is 0.493 e. The van der Waals surface area contributed by atoms with Gasteiger partial charge in [-0.1, -0.05) is 17.7 Å². The van der Waals surface area contributed by atoms with Gasteiger partial charge in [0.2, 0.25) is 10.0 Å². The monoisotopic (exact) mass is 474 g/mol. The minimum absolute atomic E-state index is 0. The van der Waals surface area contributed by atoms with Gasteiger partial charge in [-0.15, -0.1) is 12.4 Å². The molecule has 0 saturated heterocycles. The second-order valence-electron chi connectivity index (χ2n) is 7.16. The first kappa shape index (κ1) is 24.8. The zero-order chi connectivity index (χ0) is 21.0. The molecule has 0 atom stereocenters. The Kier molecular flexibility index (Phi) is 8.82. The van der Waals surface area contributed by atoms with Gasteiger partial charge >= 0.3 is 0 Å². The van der Waals surface area contributed by atoms with Gasteiger partial charge in [-0.05, 0) is 67.3 Å². The maximum atomic E-state index is 12.5. The lowest BCUT2D eigenvalue weighted by Gasteiger charge is -2.29. The van der Waals surface area contributed by atoms with E-state index in [9.17, 15) is 8.42 Å². The summed E-state index contributed by atoms with van der Waals surface area (Å²) >= 11 is 5.95. The van der Waals surface area contributed by atoms with Crippen molar-refractivity contribution in [3.63, 3.8) is 0 Å². The van der Waals surface area contributed by atoms with E-state index in [1.54, 1.807) is 33.3 Å². The molecule has 166 valence electrons. The lowest BCUT2D eigenvalue weighted by Crippen LogP contribution is -2.34. The topological polar surface area (TPSA) is 67.9 Å². The minimum atomic E-state index is -3.57. The summed E-state index contributed by atoms with van der Waals surface area (Å²) in [6.45, 7) is 4.70. The van der Waals surface area contributed by atoms with Crippen LogP contribution in [0.2, 0.25) is 5.02 Å². The van der Waals surface area contributed by atoms with Crippen LogP contribution in [0, 0.1) is 6.92 Å². The summed E-state index contributed by atoms with van der Waals surface area (Å²) in [6, 6.07) is 8.97. The number of rotatable bonds is 8. The highest BCUT2D eigenvalue weighted by Gasteiger charge is 2.20. The van der Waals surface area contributed by atoms with Gasteiger partial charge in [0.05, 0.1) is 19.1 Å². The number of aryl methyl sites for hydroxylation is 1. The number of nitrogens with one attached hydrogen (secondary N) is 1. The first-order chi connectivity index (χ1) is 13.8. The van der Waals surface area contributed by atoms with Crippen LogP contribution in [0.1, 0.15) is 23.1 Å². The molecule has 0 radical (unpaired) electrons. The summed E-state index contributed by atoms with van der Waals surface area (Å²) in [6.07, 6.45) is 1.66. The van der Waals surface area contributed by atoms with E-state index in [1.165, 1.54) is 17.2 Å². The number of halogens is 2. The first-order valence-corrected chi connectivity index (χ1v) is 11.4. The maximum absolute atomic E-state index is 12.5. The molecule has 0 unspecified atom stereocenters. The van der Waals surface area contributed by atoms with Crippen LogP contribution in [0.4, 0.5) is 0 Å². The summed E-state index contributed by atoms with van der Waals surface area (Å²) < 4.78 is 38.6. The highest BCUT2D eigenvalue weighted by molar-refractivity contribution is 7.89. The van der Waals surface area contributed by atoms with Crippen LogP contribution < -0.4 is 14.2 Å². The Morgan fingerprint density at radius 3 is 2.43 bits per heavy atom. The fourth-order valence-corrected chi connectivity index (χ4v) is 5.16. The molecule has 1 N–H and O–H groups in total. The van der Waals surface area contributed by atoms with E-state index in [0.29, 0.717) is 17.1 Å². The molecule has 3 rings (SSSR count). The number of fused-ring (bicyclic) bond motifs is 1. The van der Waals surface area contributed by atoms with E-state index in [0.717, 1.165) is 44.0 Å². The Hall–Kier alpha value is -1.51. The van der Waals surface area contributed by atoms with Crippen molar-refractivity contribution in [1.82, 2.24) is 9.62 Å². The first-order valence-electron chi connectivity index (χ1n) is 9.56. The average molecular weight is 475 g/mol. The molecule has 0 fully saturated rings. The molecular weight excluding hydrogens is 447 g/mol. The quantitative estimate of drug-likeness (QED) is 0.589. The number of benzene rings is 2. The van der Waals surface area contributed by atoms with Crippen molar-refractivity contribution in [3.8, 4) is 11.5 Å². The van der Waals surface area contributed by atoms with Crippen LogP contribution >= 0.6 is 24.0 Å². The van der Waals surface area contributed by atoms with E-state index in [-0.39, 0.29) is 17.3 Å². The van der Waals surface area contributed by atoms with Gasteiger partial charge < -0.3 is 9.47 Å². The molecule has 1 aliphatic rings. The average Bonchev–Trinajstić information content (AvgIpc) is 2.71. The lowest BCUT2D eigenvalue weighted by molar-refractivity contribution is 0.250. The van der Waals surface area contributed by atoms with Crippen LogP contribution in [0.5, 0.6) is 11.5 Å². The van der Waals surface area contributed by atoms with Crippen molar-refractivity contribution in [1.29, 1.82) is 0 Å². The number of hydrogen-bond donors (Lipinski definition) is 1. The third-order valence-electron chi connectivity index (χ3n) is 5.18. The van der Waals surface area contributed by atoms with Gasteiger partial charge in [-0.25, -0.2) is 13.1 Å². The molecule has 0 spiro atoms. The molecule has 0 amide bonds. The van der Waals surface area contributed by atoms with Crippen molar-refractivity contribution in [2.75, 3.05) is 33.9 Å². The molecule has 2 aromatic carbocycles. The standard InChI is InChI=1S/C21H27ClN2O4S.ClH/c1-15-5-6-18(22)13-21(15)29(25,26)23-8-4-9-24-10-7-16-11-19(27-2)20(28-3)12-17(16)14-24;/h5-6,11-13,23H,4,7-10,14H2,1-3H3;1H. The Morgan fingerprint density at radius 1 is 1.10 bits per heavy atom. The summed E-state index contributed by atoms with van der Waals surface area (Å²) in [7, 11) is -0.284. The molecule has 9 heteroatoms. The predicted octanol–water partition coefficient (Wildman–Crippen LogP) is 3.81. The third kappa shape index (κ3) is 5.80. The Balaban J connectivity index is 0.00000320. The smallest absolute Gasteiger partial charge is 0.240 e. The number of ether oxygens (including phenoxy) is 2. The highest BCUT2D eigenvalue weighted by Crippen LogP contribution is 2.33. The van der Waals surface area contributed by atoms with Crippen molar-refractivity contribution >= 4 is 34.0 Å². The SMILES string of the molecule is COc1cc2c(cc1OC)CN(CCCNS(=O)(=O)c1cc(Cl)ccc1C)CC2.Cl. The number of nitrogens with zero attached hydrogens (tertiary/aromatic N) is 1. The van der Waals surface area contributed by atoms with E-state index in [4.69, 9.17) is 21.1 Å². The van der Waals surface area contributed by atoms with E-state index in [1.807, 2.05) is 12.1 Å². The summed E-state index contributed by atoms with van der Waals surface area (Å²) in [5, 5.41) is 0.412. The number of sulfonamides is 1. The molecule has 30 heavy (non-hydrogen) atoms. The second kappa shape index (κ2) is 10.7. The minimum Gasteiger partial charge on any atom is -0.493 e. The Morgan fingerprint density at radius 2 is 1.77 bits per heavy atom.